The molecule has 1 aliphatic heterocycles. The number of alkyl halides is 1. The zero-order valence-electron chi connectivity index (χ0n) is 8.52. The Kier molecular flexibility index (Phi) is 2.52. The standard InChI is InChI=1S/C9H7BrClN5O/c10-4-1-5(17)16(2-4)8-6-7(13-3-12-6)14-9(11)15-8/h3-4H,1-2H2,(H,12,13,14,15). The van der Waals surface area contributed by atoms with Gasteiger partial charge in [-0.2, -0.15) is 9.97 Å². The van der Waals surface area contributed by atoms with Gasteiger partial charge in [-0.15, -0.1) is 0 Å². The summed E-state index contributed by atoms with van der Waals surface area (Å²) in [6, 6.07) is 0. The van der Waals surface area contributed by atoms with E-state index in [-0.39, 0.29) is 16.0 Å². The molecule has 0 spiro atoms. The third-order valence-electron chi connectivity index (χ3n) is 2.57. The molecule has 0 bridgehead atoms. The third kappa shape index (κ3) is 1.79. The number of halogens is 2. The number of nitrogens with one attached hydrogen (secondary N) is 1. The lowest BCUT2D eigenvalue weighted by molar-refractivity contribution is -0.117. The smallest absolute Gasteiger partial charge is 0.229 e. The molecule has 1 N–H and O–H groups in total. The summed E-state index contributed by atoms with van der Waals surface area (Å²) in [5.74, 6) is 0.502. The third-order valence-corrected chi connectivity index (χ3v) is 3.36. The molecule has 1 amide bonds. The van der Waals surface area contributed by atoms with E-state index in [9.17, 15) is 4.79 Å². The Hall–Kier alpha value is -1.21. The van der Waals surface area contributed by atoms with E-state index in [0.717, 1.165) is 0 Å². The number of fused-ring (bicyclic) bond motifs is 1. The molecule has 0 radical (unpaired) electrons. The summed E-state index contributed by atoms with van der Waals surface area (Å²) in [6.45, 7) is 0.570. The highest BCUT2D eigenvalue weighted by molar-refractivity contribution is 9.09. The van der Waals surface area contributed by atoms with Gasteiger partial charge in [0.25, 0.3) is 0 Å². The largest absolute Gasteiger partial charge is 0.340 e. The first kappa shape index (κ1) is 10.9. The van der Waals surface area contributed by atoms with Gasteiger partial charge in [0.05, 0.1) is 6.33 Å². The van der Waals surface area contributed by atoms with Gasteiger partial charge in [0.15, 0.2) is 11.5 Å². The van der Waals surface area contributed by atoms with Crippen molar-refractivity contribution in [3.63, 3.8) is 0 Å². The van der Waals surface area contributed by atoms with Crippen molar-refractivity contribution in [2.75, 3.05) is 11.4 Å². The van der Waals surface area contributed by atoms with E-state index in [2.05, 4.69) is 35.9 Å². The molecule has 0 saturated carbocycles. The van der Waals surface area contributed by atoms with Crippen LogP contribution in [0.4, 0.5) is 5.82 Å². The molecule has 88 valence electrons. The monoisotopic (exact) mass is 315 g/mol. The molecule has 1 atom stereocenters. The molecule has 2 aromatic rings. The molecular formula is C9H7BrClN5O. The first-order valence-electron chi connectivity index (χ1n) is 4.96. The second kappa shape index (κ2) is 3.92. The molecule has 2 aromatic heterocycles. The number of H-pyrrole nitrogens is 1. The fourth-order valence-electron chi connectivity index (χ4n) is 1.86. The van der Waals surface area contributed by atoms with Crippen LogP contribution >= 0.6 is 27.5 Å². The van der Waals surface area contributed by atoms with Crippen molar-refractivity contribution in [3.8, 4) is 0 Å². The summed E-state index contributed by atoms with van der Waals surface area (Å²) in [7, 11) is 0. The Morgan fingerprint density at radius 2 is 2.35 bits per heavy atom. The molecule has 1 saturated heterocycles. The topological polar surface area (TPSA) is 74.8 Å². The van der Waals surface area contributed by atoms with Crippen LogP contribution < -0.4 is 4.90 Å². The Bertz CT molecular complexity index is 600. The van der Waals surface area contributed by atoms with E-state index < -0.39 is 0 Å². The summed E-state index contributed by atoms with van der Waals surface area (Å²) in [5, 5.41) is 0.0884. The fourth-order valence-corrected chi connectivity index (χ4v) is 2.58. The normalized spacial score (nSPS) is 20.5. The Labute approximate surface area is 110 Å². The Morgan fingerprint density at radius 3 is 3.06 bits per heavy atom. The number of carbonyl (C=O) groups is 1. The van der Waals surface area contributed by atoms with Crippen LogP contribution in [0.5, 0.6) is 0 Å². The molecule has 3 rings (SSSR count). The molecule has 6 nitrogen and oxygen atoms in total. The second-order valence-electron chi connectivity index (χ2n) is 3.72. The summed E-state index contributed by atoms with van der Waals surface area (Å²) >= 11 is 9.24. The molecule has 0 aromatic carbocycles. The van der Waals surface area contributed by atoms with Crippen molar-refractivity contribution >= 4 is 50.4 Å². The van der Waals surface area contributed by atoms with Crippen LogP contribution in [0, 0.1) is 0 Å². The van der Waals surface area contributed by atoms with E-state index in [1.54, 1.807) is 4.90 Å². The number of amides is 1. The van der Waals surface area contributed by atoms with Crippen molar-refractivity contribution in [2.24, 2.45) is 0 Å². The highest BCUT2D eigenvalue weighted by atomic mass is 79.9. The summed E-state index contributed by atoms with van der Waals surface area (Å²) in [6.07, 6.45) is 1.96. The SMILES string of the molecule is O=C1CC(Br)CN1c1nc(Cl)nc2nc[nH]c12. The van der Waals surface area contributed by atoms with Crippen molar-refractivity contribution < 1.29 is 4.79 Å². The maximum absolute atomic E-state index is 11.8. The van der Waals surface area contributed by atoms with Crippen LogP contribution in [-0.4, -0.2) is 37.2 Å². The number of carbonyl (C=O) groups excluding carboxylic acids is 1. The number of aromatic nitrogens is 4. The van der Waals surface area contributed by atoms with E-state index in [4.69, 9.17) is 11.6 Å². The predicted molar refractivity (Wildman–Crippen MR) is 66.4 cm³/mol. The van der Waals surface area contributed by atoms with Crippen molar-refractivity contribution in [1.82, 2.24) is 19.9 Å². The molecule has 0 aliphatic carbocycles. The average Bonchev–Trinajstić information content (AvgIpc) is 2.83. The van der Waals surface area contributed by atoms with Gasteiger partial charge in [0.1, 0.15) is 5.52 Å². The second-order valence-corrected chi connectivity index (χ2v) is 5.36. The molecule has 17 heavy (non-hydrogen) atoms. The van der Waals surface area contributed by atoms with Crippen LogP contribution in [-0.2, 0) is 4.79 Å². The minimum atomic E-state index is 0.0116. The van der Waals surface area contributed by atoms with Gasteiger partial charge in [0, 0.05) is 17.8 Å². The van der Waals surface area contributed by atoms with E-state index in [0.29, 0.717) is 29.9 Å². The first-order chi connectivity index (χ1) is 8.15. The van der Waals surface area contributed by atoms with Crippen molar-refractivity contribution in [2.45, 2.75) is 11.2 Å². The fraction of sp³-hybridized carbons (Fsp3) is 0.333. The predicted octanol–water partition coefficient (Wildman–Crippen LogP) is 1.51. The number of hydrogen-bond donors (Lipinski definition) is 1. The number of hydrogen-bond acceptors (Lipinski definition) is 4. The van der Waals surface area contributed by atoms with E-state index in [1.807, 2.05) is 0 Å². The van der Waals surface area contributed by atoms with Gasteiger partial charge in [-0.05, 0) is 11.6 Å². The highest BCUT2D eigenvalue weighted by Crippen LogP contribution is 2.28. The van der Waals surface area contributed by atoms with Crippen molar-refractivity contribution in [3.05, 3.63) is 11.6 Å². The quantitative estimate of drug-likeness (QED) is 0.639. The van der Waals surface area contributed by atoms with Gasteiger partial charge in [-0.3, -0.25) is 9.69 Å². The molecule has 3 heterocycles. The first-order valence-corrected chi connectivity index (χ1v) is 6.25. The maximum atomic E-state index is 11.8. The highest BCUT2D eigenvalue weighted by Gasteiger charge is 2.31. The lowest BCUT2D eigenvalue weighted by Gasteiger charge is -2.14. The van der Waals surface area contributed by atoms with Gasteiger partial charge in [-0.1, -0.05) is 15.9 Å². The molecule has 1 aliphatic rings. The van der Waals surface area contributed by atoms with E-state index >= 15 is 0 Å². The minimum Gasteiger partial charge on any atom is -0.340 e. The lowest BCUT2D eigenvalue weighted by Crippen LogP contribution is -2.26. The average molecular weight is 317 g/mol. The van der Waals surface area contributed by atoms with Crippen LogP contribution in [0.15, 0.2) is 6.33 Å². The number of imidazole rings is 1. The molecule has 8 heteroatoms. The Balaban J connectivity index is 2.16. The summed E-state index contributed by atoms with van der Waals surface area (Å²) < 4.78 is 0. The zero-order chi connectivity index (χ0) is 12.0. The van der Waals surface area contributed by atoms with Crippen molar-refractivity contribution in [1.29, 1.82) is 0 Å². The minimum absolute atomic E-state index is 0.0116. The zero-order valence-corrected chi connectivity index (χ0v) is 10.9. The molecular weight excluding hydrogens is 309 g/mol. The number of nitrogens with zero attached hydrogens (tertiary/aromatic N) is 4. The number of anilines is 1. The summed E-state index contributed by atoms with van der Waals surface area (Å²) in [5.41, 5.74) is 1.09. The van der Waals surface area contributed by atoms with Gasteiger partial charge in [-0.25, -0.2) is 4.98 Å². The molecule has 1 unspecified atom stereocenters. The van der Waals surface area contributed by atoms with Crippen LogP contribution in [0.3, 0.4) is 0 Å². The van der Waals surface area contributed by atoms with Gasteiger partial charge < -0.3 is 4.98 Å². The van der Waals surface area contributed by atoms with Crippen LogP contribution in [0.25, 0.3) is 11.2 Å². The summed E-state index contributed by atoms with van der Waals surface area (Å²) in [4.78, 5) is 28.6. The maximum Gasteiger partial charge on any atom is 0.229 e. The van der Waals surface area contributed by atoms with Crippen LogP contribution in [0.1, 0.15) is 6.42 Å². The van der Waals surface area contributed by atoms with E-state index in [1.165, 1.54) is 6.33 Å². The molecule has 1 fully saturated rings. The van der Waals surface area contributed by atoms with Crippen LogP contribution in [0.2, 0.25) is 5.28 Å². The number of aromatic amines is 1. The number of rotatable bonds is 1. The van der Waals surface area contributed by atoms with Gasteiger partial charge >= 0.3 is 0 Å². The lowest BCUT2D eigenvalue weighted by atomic mass is 10.4. The van der Waals surface area contributed by atoms with Gasteiger partial charge in [0.2, 0.25) is 11.2 Å². The Morgan fingerprint density at radius 1 is 1.53 bits per heavy atom.